The second-order valence-corrected chi connectivity index (χ2v) is 8.11. The maximum Gasteiger partial charge on any atom is 0.253 e. The average Bonchev–Trinajstić information content (AvgIpc) is 2.78. The lowest BCUT2D eigenvalue weighted by molar-refractivity contribution is -0.0498. The Labute approximate surface area is 179 Å². The molecule has 1 aromatic carbocycles. The van der Waals surface area contributed by atoms with Crippen LogP contribution in [0.1, 0.15) is 54.7 Å². The predicted octanol–water partition coefficient (Wildman–Crippen LogP) is 5.33. The fraction of sp³-hybridized carbons (Fsp3) is 0.375. The summed E-state index contributed by atoms with van der Waals surface area (Å²) in [5, 5.41) is 3.72. The molecule has 2 aromatic heterocycles. The number of nitrogens with zero attached hydrogens (tertiary/aromatic N) is 2. The summed E-state index contributed by atoms with van der Waals surface area (Å²) < 4.78 is 32.6. The molecule has 162 valence electrons. The van der Waals surface area contributed by atoms with Crippen LogP contribution < -0.4 is 10.1 Å². The van der Waals surface area contributed by atoms with Gasteiger partial charge in [0.15, 0.2) is 0 Å². The predicted molar refractivity (Wildman–Crippen MR) is 114 cm³/mol. The molecule has 31 heavy (non-hydrogen) atoms. The molecule has 1 aliphatic carbocycles. The van der Waals surface area contributed by atoms with Gasteiger partial charge in [0, 0.05) is 30.6 Å². The number of nitrogens with one attached hydrogen (secondary N) is 1. The topological polar surface area (TPSA) is 64.1 Å². The van der Waals surface area contributed by atoms with Gasteiger partial charge < -0.3 is 10.1 Å². The van der Waals surface area contributed by atoms with Crippen LogP contribution in [0, 0.1) is 5.92 Å². The number of carbonyl (C=O) groups excluding carboxylic acids is 1. The van der Waals surface area contributed by atoms with Gasteiger partial charge >= 0.3 is 0 Å². The summed E-state index contributed by atoms with van der Waals surface area (Å²) in [6, 6.07) is 12.6. The van der Waals surface area contributed by atoms with Crippen molar-refractivity contribution < 1.29 is 18.3 Å². The first-order valence-electron chi connectivity index (χ1n) is 10.5. The molecule has 5 nitrogen and oxygen atoms in total. The molecule has 7 heteroatoms. The van der Waals surface area contributed by atoms with E-state index in [9.17, 15) is 13.6 Å². The Morgan fingerprint density at radius 3 is 2.74 bits per heavy atom. The second kappa shape index (κ2) is 8.96. The molecule has 4 rings (SSSR count). The number of alkyl halides is 2. The number of fused-ring (bicyclic) bond motifs is 1. The van der Waals surface area contributed by atoms with E-state index in [2.05, 4.69) is 15.3 Å². The molecule has 1 amide bonds. The lowest BCUT2D eigenvalue weighted by Crippen LogP contribution is -2.27. The zero-order valence-corrected chi connectivity index (χ0v) is 17.4. The number of amides is 1. The van der Waals surface area contributed by atoms with Gasteiger partial charge in [0.2, 0.25) is 5.92 Å². The van der Waals surface area contributed by atoms with Crippen LogP contribution in [0.2, 0.25) is 0 Å². The zero-order valence-electron chi connectivity index (χ0n) is 17.4. The minimum Gasteiger partial charge on any atom is -0.491 e. The first-order chi connectivity index (χ1) is 14.9. The number of benzene rings is 1. The van der Waals surface area contributed by atoms with Crippen LogP contribution in [-0.4, -0.2) is 28.4 Å². The summed E-state index contributed by atoms with van der Waals surface area (Å²) >= 11 is 0. The standard InChI is InChI=1S/C24H25F2N3O2/c1-16(20-6-2-3-12-27-20)29-23(30)19-13-18-5-4-7-21(22(18)28-14-19)31-15-17-8-10-24(25,26)11-9-17/h2-7,12-14,16-17H,8-11,15H2,1H3,(H,29,30). The molecular weight excluding hydrogens is 400 g/mol. The molecule has 0 radical (unpaired) electrons. The normalized spacial score (nSPS) is 17.3. The van der Waals surface area contributed by atoms with Crippen LogP contribution in [0.3, 0.4) is 0 Å². The number of hydrogen-bond donors (Lipinski definition) is 1. The molecule has 1 N–H and O–H groups in total. The van der Waals surface area contributed by atoms with Crippen LogP contribution in [0.5, 0.6) is 5.75 Å². The zero-order chi connectivity index (χ0) is 21.8. The van der Waals surface area contributed by atoms with Gasteiger partial charge in [-0.25, -0.2) is 8.78 Å². The van der Waals surface area contributed by atoms with E-state index in [1.165, 1.54) is 6.20 Å². The number of halogens is 2. The highest BCUT2D eigenvalue weighted by Crippen LogP contribution is 2.36. The molecule has 1 aliphatic rings. The Bertz CT molecular complexity index is 1050. The Morgan fingerprint density at radius 2 is 2.00 bits per heavy atom. The maximum absolute atomic E-state index is 13.3. The van der Waals surface area contributed by atoms with Crippen molar-refractivity contribution in [1.82, 2.24) is 15.3 Å². The monoisotopic (exact) mass is 425 g/mol. The van der Waals surface area contributed by atoms with Crippen molar-refractivity contribution in [3.05, 3.63) is 66.1 Å². The fourth-order valence-corrected chi connectivity index (χ4v) is 3.83. The molecule has 0 bridgehead atoms. The minimum absolute atomic E-state index is 0.0792. The third kappa shape index (κ3) is 5.16. The number of aromatic nitrogens is 2. The fourth-order valence-electron chi connectivity index (χ4n) is 3.83. The first-order valence-corrected chi connectivity index (χ1v) is 10.5. The van der Waals surface area contributed by atoms with E-state index in [1.54, 1.807) is 12.3 Å². The van der Waals surface area contributed by atoms with E-state index in [1.807, 2.05) is 43.3 Å². The quantitative estimate of drug-likeness (QED) is 0.580. The second-order valence-electron chi connectivity index (χ2n) is 8.11. The van der Waals surface area contributed by atoms with E-state index in [-0.39, 0.29) is 30.7 Å². The molecule has 0 saturated heterocycles. The molecule has 1 fully saturated rings. The van der Waals surface area contributed by atoms with Gasteiger partial charge in [-0.15, -0.1) is 0 Å². The van der Waals surface area contributed by atoms with Crippen molar-refractivity contribution in [2.45, 2.75) is 44.6 Å². The summed E-state index contributed by atoms with van der Waals surface area (Å²) in [6.45, 7) is 2.27. The number of ether oxygens (including phenoxy) is 1. The third-order valence-electron chi connectivity index (χ3n) is 5.73. The molecule has 0 spiro atoms. The summed E-state index contributed by atoms with van der Waals surface area (Å²) in [7, 11) is 0. The molecule has 3 aromatic rings. The van der Waals surface area contributed by atoms with E-state index in [0.717, 1.165) is 11.1 Å². The highest BCUT2D eigenvalue weighted by Gasteiger charge is 2.35. The largest absolute Gasteiger partial charge is 0.491 e. The Balaban J connectivity index is 1.43. The summed E-state index contributed by atoms with van der Waals surface area (Å²) in [5.41, 5.74) is 1.88. The SMILES string of the molecule is CC(NC(=O)c1cnc2c(OCC3CCC(F)(F)CC3)cccc2c1)c1ccccn1. The van der Waals surface area contributed by atoms with Gasteiger partial charge in [-0.3, -0.25) is 14.8 Å². The van der Waals surface area contributed by atoms with E-state index in [0.29, 0.717) is 36.3 Å². The van der Waals surface area contributed by atoms with Gasteiger partial charge in [-0.2, -0.15) is 0 Å². The number of hydrogen-bond acceptors (Lipinski definition) is 4. The highest BCUT2D eigenvalue weighted by atomic mass is 19.3. The lowest BCUT2D eigenvalue weighted by Gasteiger charge is -2.28. The summed E-state index contributed by atoms with van der Waals surface area (Å²) in [5.74, 6) is -2.05. The molecule has 2 heterocycles. The Morgan fingerprint density at radius 1 is 1.19 bits per heavy atom. The Hall–Kier alpha value is -3.09. The first kappa shape index (κ1) is 21.2. The maximum atomic E-state index is 13.3. The molecule has 1 saturated carbocycles. The van der Waals surface area contributed by atoms with E-state index in [4.69, 9.17) is 4.74 Å². The smallest absolute Gasteiger partial charge is 0.253 e. The van der Waals surface area contributed by atoms with Crippen molar-refractivity contribution in [2.75, 3.05) is 6.61 Å². The van der Waals surface area contributed by atoms with Crippen LogP contribution in [0.25, 0.3) is 10.9 Å². The molecule has 1 unspecified atom stereocenters. The van der Waals surface area contributed by atoms with Gasteiger partial charge in [0.05, 0.1) is 23.9 Å². The van der Waals surface area contributed by atoms with Gasteiger partial charge in [-0.05, 0) is 49.9 Å². The number of rotatable bonds is 6. The number of pyridine rings is 2. The highest BCUT2D eigenvalue weighted by molar-refractivity contribution is 5.98. The van der Waals surface area contributed by atoms with Gasteiger partial charge in [-0.1, -0.05) is 18.2 Å². The van der Waals surface area contributed by atoms with Crippen molar-refractivity contribution in [1.29, 1.82) is 0 Å². The van der Waals surface area contributed by atoms with Crippen LogP contribution >= 0.6 is 0 Å². The minimum atomic E-state index is -2.54. The van der Waals surface area contributed by atoms with Crippen molar-refractivity contribution in [3.63, 3.8) is 0 Å². The number of carbonyl (C=O) groups is 1. The molecule has 1 atom stereocenters. The van der Waals surface area contributed by atoms with Crippen molar-refractivity contribution in [2.24, 2.45) is 5.92 Å². The van der Waals surface area contributed by atoms with Gasteiger partial charge in [0.25, 0.3) is 5.91 Å². The lowest BCUT2D eigenvalue weighted by atomic mass is 9.87. The molecule has 0 aliphatic heterocycles. The van der Waals surface area contributed by atoms with Crippen molar-refractivity contribution in [3.8, 4) is 5.75 Å². The average molecular weight is 425 g/mol. The van der Waals surface area contributed by atoms with Crippen LogP contribution in [0.4, 0.5) is 8.78 Å². The molecular formula is C24H25F2N3O2. The van der Waals surface area contributed by atoms with Gasteiger partial charge in [0.1, 0.15) is 11.3 Å². The van der Waals surface area contributed by atoms with Crippen molar-refractivity contribution >= 4 is 16.8 Å². The van der Waals surface area contributed by atoms with E-state index >= 15 is 0 Å². The van der Waals surface area contributed by atoms with E-state index < -0.39 is 5.92 Å². The van der Waals surface area contributed by atoms with Crippen LogP contribution in [0.15, 0.2) is 54.9 Å². The van der Waals surface area contributed by atoms with Crippen LogP contribution in [-0.2, 0) is 0 Å². The summed E-state index contributed by atoms with van der Waals surface area (Å²) in [6.07, 6.45) is 3.98. The third-order valence-corrected chi connectivity index (χ3v) is 5.73. The Kier molecular flexibility index (Phi) is 6.11. The number of para-hydroxylation sites is 1. The summed E-state index contributed by atoms with van der Waals surface area (Å²) in [4.78, 5) is 21.4.